The van der Waals surface area contributed by atoms with Gasteiger partial charge in [-0.1, -0.05) is 6.92 Å². The van der Waals surface area contributed by atoms with Crippen LogP contribution >= 0.6 is 0 Å². The third-order valence-electron chi connectivity index (χ3n) is 3.06. The summed E-state index contributed by atoms with van der Waals surface area (Å²) in [6.45, 7) is 6.96. The van der Waals surface area contributed by atoms with E-state index in [0.717, 1.165) is 26.1 Å². The Labute approximate surface area is 91.2 Å². The lowest BCUT2D eigenvalue weighted by Gasteiger charge is -2.36. The predicted molar refractivity (Wildman–Crippen MR) is 57.9 cm³/mol. The van der Waals surface area contributed by atoms with Crippen molar-refractivity contribution in [2.75, 3.05) is 19.7 Å². The Morgan fingerprint density at radius 2 is 2.40 bits per heavy atom. The van der Waals surface area contributed by atoms with Crippen LogP contribution in [0.1, 0.15) is 33.1 Å². The lowest BCUT2D eigenvalue weighted by Crippen LogP contribution is -2.46. The molecule has 4 nitrogen and oxygen atoms in total. The Hall–Kier alpha value is -0.610. The fourth-order valence-electron chi connectivity index (χ4n) is 1.86. The van der Waals surface area contributed by atoms with E-state index >= 15 is 0 Å². The molecule has 1 aliphatic heterocycles. The van der Waals surface area contributed by atoms with Crippen molar-refractivity contribution in [3.05, 3.63) is 0 Å². The van der Waals surface area contributed by atoms with Gasteiger partial charge in [0.15, 0.2) is 0 Å². The van der Waals surface area contributed by atoms with Crippen LogP contribution in [0.3, 0.4) is 0 Å². The van der Waals surface area contributed by atoms with Crippen molar-refractivity contribution < 1.29 is 14.6 Å². The van der Waals surface area contributed by atoms with Gasteiger partial charge in [0.1, 0.15) is 0 Å². The lowest BCUT2D eigenvalue weighted by atomic mass is 10.1. The molecule has 1 fully saturated rings. The summed E-state index contributed by atoms with van der Waals surface area (Å²) >= 11 is 0. The third-order valence-corrected chi connectivity index (χ3v) is 3.06. The number of carbonyl (C=O) groups is 1. The second-order valence-electron chi connectivity index (χ2n) is 4.18. The maximum atomic E-state index is 10.4. The Kier molecular flexibility index (Phi) is 5.05. The molecule has 2 unspecified atom stereocenters. The molecule has 0 aliphatic carbocycles. The van der Waals surface area contributed by atoms with Gasteiger partial charge in [0.2, 0.25) is 0 Å². The third kappa shape index (κ3) is 4.18. The van der Waals surface area contributed by atoms with Crippen molar-refractivity contribution >= 4 is 5.97 Å². The van der Waals surface area contributed by atoms with Gasteiger partial charge in [-0.2, -0.15) is 0 Å². The summed E-state index contributed by atoms with van der Waals surface area (Å²) in [5, 5.41) is 8.60. The largest absolute Gasteiger partial charge is 0.481 e. The minimum Gasteiger partial charge on any atom is -0.481 e. The Balaban J connectivity index is 2.32. The van der Waals surface area contributed by atoms with Crippen molar-refractivity contribution in [3.8, 4) is 0 Å². The smallest absolute Gasteiger partial charge is 0.303 e. The molecular weight excluding hydrogens is 194 g/mol. The van der Waals surface area contributed by atoms with Crippen molar-refractivity contribution in [1.29, 1.82) is 0 Å². The van der Waals surface area contributed by atoms with E-state index in [1.165, 1.54) is 0 Å². The van der Waals surface area contributed by atoms with Crippen LogP contribution in [-0.2, 0) is 9.53 Å². The lowest BCUT2D eigenvalue weighted by molar-refractivity contribution is -0.138. The second kappa shape index (κ2) is 6.08. The minimum absolute atomic E-state index is 0.101. The molecule has 1 rings (SSSR count). The molecule has 2 atom stereocenters. The van der Waals surface area contributed by atoms with Crippen molar-refractivity contribution in [2.45, 2.75) is 45.3 Å². The molecule has 15 heavy (non-hydrogen) atoms. The van der Waals surface area contributed by atoms with Gasteiger partial charge in [-0.15, -0.1) is 0 Å². The zero-order chi connectivity index (χ0) is 11.3. The van der Waals surface area contributed by atoms with Crippen molar-refractivity contribution in [1.82, 2.24) is 4.90 Å². The van der Waals surface area contributed by atoms with Crippen LogP contribution in [0.25, 0.3) is 0 Å². The normalized spacial score (nSPS) is 25.1. The first-order chi connectivity index (χ1) is 7.13. The maximum Gasteiger partial charge on any atom is 0.303 e. The highest BCUT2D eigenvalue weighted by molar-refractivity contribution is 5.66. The predicted octanol–water partition coefficient (Wildman–Crippen LogP) is 1.35. The van der Waals surface area contributed by atoms with E-state index in [0.29, 0.717) is 12.5 Å². The number of carboxylic acid groups (broad SMARTS) is 1. The van der Waals surface area contributed by atoms with Gasteiger partial charge in [0.05, 0.1) is 12.7 Å². The molecule has 0 bridgehead atoms. The van der Waals surface area contributed by atoms with Crippen LogP contribution in [0.4, 0.5) is 0 Å². The molecule has 0 radical (unpaired) electrons. The van der Waals surface area contributed by atoms with Gasteiger partial charge in [-0.25, -0.2) is 0 Å². The molecule has 1 N–H and O–H groups in total. The molecule has 4 heteroatoms. The first kappa shape index (κ1) is 12.5. The summed E-state index contributed by atoms with van der Waals surface area (Å²) in [4.78, 5) is 12.8. The quantitative estimate of drug-likeness (QED) is 0.752. The topological polar surface area (TPSA) is 49.8 Å². The van der Waals surface area contributed by atoms with Crippen LogP contribution in [0.5, 0.6) is 0 Å². The van der Waals surface area contributed by atoms with Crippen LogP contribution in [0.15, 0.2) is 0 Å². The molecule has 0 aromatic rings. The van der Waals surface area contributed by atoms with Crippen LogP contribution < -0.4 is 0 Å². The molecule has 1 saturated heterocycles. The van der Waals surface area contributed by atoms with E-state index in [1.807, 2.05) is 0 Å². The van der Waals surface area contributed by atoms with E-state index in [1.54, 1.807) is 0 Å². The summed E-state index contributed by atoms with van der Waals surface area (Å²) in [6.07, 6.45) is 2.07. The van der Waals surface area contributed by atoms with Crippen LogP contribution in [0.2, 0.25) is 0 Å². The number of carboxylic acids is 1. The SMILES string of the molecule is CCC(C)N1CCOC(CCC(=O)O)C1. The van der Waals surface area contributed by atoms with Crippen LogP contribution in [-0.4, -0.2) is 47.8 Å². The highest BCUT2D eigenvalue weighted by Crippen LogP contribution is 2.14. The summed E-state index contributed by atoms with van der Waals surface area (Å²) < 4.78 is 5.55. The summed E-state index contributed by atoms with van der Waals surface area (Å²) in [7, 11) is 0. The monoisotopic (exact) mass is 215 g/mol. The molecule has 0 spiro atoms. The molecular formula is C11H21NO3. The molecule has 0 aromatic heterocycles. The molecule has 1 aliphatic rings. The highest BCUT2D eigenvalue weighted by atomic mass is 16.5. The Bertz CT molecular complexity index is 208. The molecule has 0 amide bonds. The minimum atomic E-state index is -0.737. The number of rotatable bonds is 5. The zero-order valence-corrected chi connectivity index (χ0v) is 9.61. The number of morpholine rings is 1. The second-order valence-corrected chi connectivity index (χ2v) is 4.18. The summed E-state index contributed by atoms with van der Waals surface area (Å²) in [6, 6.07) is 0.571. The maximum absolute atomic E-state index is 10.4. The van der Waals surface area contributed by atoms with Gasteiger partial charge in [0.25, 0.3) is 0 Å². The van der Waals surface area contributed by atoms with Crippen molar-refractivity contribution in [3.63, 3.8) is 0 Å². The van der Waals surface area contributed by atoms with Gasteiger partial charge in [-0.05, 0) is 19.8 Å². The Morgan fingerprint density at radius 1 is 1.67 bits per heavy atom. The Morgan fingerprint density at radius 3 is 3.00 bits per heavy atom. The van der Waals surface area contributed by atoms with E-state index < -0.39 is 5.97 Å². The van der Waals surface area contributed by atoms with E-state index in [-0.39, 0.29) is 12.5 Å². The highest BCUT2D eigenvalue weighted by Gasteiger charge is 2.23. The van der Waals surface area contributed by atoms with Crippen molar-refractivity contribution in [2.24, 2.45) is 0 Å². The van der Waals surface area contributed by atoms with Gasteiger partial charge < -0.3 is 9.84 Å². The van der Waals surface area contributed by atoms with E-state index in [4.69, 9.17) is 9.84 Å². The number of ether oxygens (including phenoxy) is 1. The molecule has 1 heterocycles. The number of nitrogens with zero attached hydrogens (tertiary/aromatic N) is 1. The molecule has 0 aromatic carbocycles. The van der Waals surface area contributed by atoms with Gasteiger partial charge in [0, 0.05) is 25.6 Å². The molecule has 0 saturated carbocycles. The zero-order valence-electron chi connectivity index (χ0n) is 9.61. The average Bonchev–Trinajstić information content (AvgIpc) is 2.25. The number of aliphatic carboxylic acids is 1. The fourth-order valence-corrected chi connectivity index (χ4v) is 1.86. The van der Waals surface area contributed by atoms with E-state index in [9.17, 15) is 4.79 Å². The first-order valence-corrected chi connectivity index (χ1v) is 5.71. The van der Waals surface area contributed by atoms with E-state index in [2.05, 4.69) is 18.7 Å². The first-order valence-electron chi connectivity index (χ1n) is 5.71. The average molecular weight is 215 g/mol. The number of hydrogen-bond donors (Lipinski definition) is 1. The van der Waals surface area contributed by atoms with Crippen LogP contribution in [0, 0.1) is 0 Å². The van der Waals surface area contributed by atoms with Gasteiger partial charge in [-0.3, -0.25) is 9.69 Å². The fraction of sp³-hybridized carbons (Fsp3) is 0.909. The van der Waals surface area contributed by atoms with Gasteiger partial charge >= 0.3 is 5.97 Å². The summed E-state index contributed by atoms with van der Waals surface area (Å²) in [5.74, 6) is -0.737. The number of hydrogen-bond acceptors (Lipinski definition) is 3. The summed E-state index contributed by atoms with van der Waals surface area (Å²) in [5.41, 5.74) is 0. The standard InChI is InChI=1S/C11H21NO3/c1-3-9(2)12-6-7-15-10(8-12)4-5-11(13)14/h9-10H,3-8H2,1-2H3,(H,13,14). The molecule has 88 valence electrons.